The summed E-state index contributed by atoms with van der Waals surface area (Å²) in [6.07, 6.45) is -17.0. The van der Waals surface area contributed by atoms with Crippen LogP contribution in [-0.2, 0) is 0 Å². The highest BCUT2D eigenvalue weighted by atomic mass is 19.5. The highest BCUT2D eigenvalue weighted by molar-refractivity contribution is 5.23. The summed E-state index contributed by atoms with van der Waals surface area (Å²) in [6.45, 7) is 0. The average Bonchev–Trinajstić information content (AvgIpc) is 2.98. The molecule has 0 rings (SSSR count). The van der Waals surface area contributed by atoms with Gasteiger partial charge in [-0.2, -0.15) is 171 Å². The van der Waals surface area contributed by atoms with Gasteiger partial charge in [0.15, 0.2) is 0 Å². The van der Waals surface area contributed by atoms with E-state index in [4.69, 9.17) is 5.11 Å². The zero-order chi connectivity index (χ0) is 49.5. The van der Waals surface area contributed by atoms with Crippen molar-refractivity contribution in [2.45, 2.75) is 113 Å². The molecule has 356 valence electrons. The molecule has 1 N–H and O–H groups in total. The van der Waals surface area contributed by atoms with Crippen LogP contribution in [0.2, 0.25) is 0 Å². The first-order valence-electron chi connectivity index (χ1n) is 12.1. The number of aliphatic hydroxyl groups is 1. The Morgan fingerprint density at radius 1 is 0.136 bits per heavy atom. The van der Waals surface area contributed by atoms with Crippen molar-refractivity contribution in [2.75, 3.05) is 0 Å². The Bertz CT molecular complexity index is 1420. The van der Waals surface area contributed by atoms with Crippen molar-refractivity contribution in [2.24, 2.45) is 0 Å². The molecule has 0 bridgehead atoms. The van der Waals surface area contributed by atoms with Gasteiger partial charge in [0.1, 0.15) is 0 Å². The maximum absolute atomic E-state index is 14.1. The van der Waals surface area contributed by atoms with E-state index in [0.29, 0.717) is 0 Å². The minimum absolute atomic E-state index is 8.23. The quantitative estimate of drug-likeness (QED) is 0.153. The van der Waals surface area contributed by atoms with Gasteiger partial charge in [-0.15, -0.1) is 0 Å². The maximum atomic E-state index is 14.1. The lowest BCUT2D eigenvalue weighted by atomic mass is 9.81. The molecule has 0 heterocycles. The SMILES string of the molecule is OC(F)(C(F)(F)C(F)(F)C(F)(F)C(F)(F)C(F)(F)C(F)(F)C(F)(F)C(F)(F)F)C(F)(F)C(F)(F)C(F)(F)C(F)(F)C(F)(F)C(F)(F)C(F)(F)C(F)(F)C(F)(F)C(F)(F)F. The first kappa shape index (κ1) is 56.2. The van der Waals surface area contributed by atoms with Crippen LogP contribution < -0.4 is 0 Å². The van der Waals surface area contributed by atoms with Crippen LogP contribution >= 0.6 is 0 Å². The van der Waals surface area contributed by atoms with Gasteiger partial charge in [-0.05, 0) is 0 Å². The van der Waals surface area contributed by atoms with Gasteiger partial charge in [-0.3, -0.25) is 0 Å². The van der Waals surface area contributed by atoms with Crippen LogP contribution in [0.5, 0.6) is 0 Å². The van der Waals surface area contributed by atoms with E-state index in [1.807, 2.05) is 0 Å². The van der Waals surface area contributed by atoms with E-state index >= 15 is 0 Å². The van der Waals surface area contributed by atoms with E-state index in [2.05, 4.69) is 0 Å². The third-order valence-electron chi connectivity index (χ3n) is 7.06. The van der Waals surface area contributed by atoms with Crippen molar-refractivity contribution in [3.05, 3.63) is 0 Å². The predicted octanol–water partition coefficient (Wildman–Crippen LogP) is 11.9. The molecule has 0 saturated heterocycles. The van der Waals surface area contributed by atoms with Gasteiger partial charge < -0.3 is 5.11 Å². The molecule has 0 aromatic rings. The standard InChI is InChI=1S/C19HF39O/c20-1(21,3(24,25)7(32,33)11(40,41)15(48,49)18(53,54)55)2(22,23)5(28,29)9(36,37)13(44,45)17(52,59)14(46,47)10(38,39)6(30,31)4(26,27)8(34,35)12(42,43)16(50,51)19(56,57)58/h59H. The third-order valence-corrected chi connectivity index (χ3v) is 7.06. The number of rotatable bonds is 16. The van der Waals surface area contributed by atoms with Gasteiger partial charge >= 0.3 is 113 Å². The predicted molar refractivity (Wildman–Crippen MR) is 97.3 cm³/mol. The minimum Gasteiger partial charge on any atom is -0.352 e. The van der Waals surface area contributed by atoms with E-state index in [-0.39, 0.29) is 0 Å². The topological polar surface area (TPSA) is 20.2 Å². The van der Waals surface area contributed by atoms with Gasteiger partial charge in [-0.1, -0.05) is 0 Å². The van der Waals surface area contributed by atoms with Gasteiger partial charge in [0, 0.05) is 0 Å². The Hall–Kier alpha value is -2.77. The minimum atomic E-state index is -10.4. The van der Waals surface area contributed by atoms with Crippen LogP contribution in [0.25, 0.3) is 0 Å². The van der Waals surface area contributed by atoms with Gasteiger partial charge in [0.25, 0.3) is 0 Å². The smallest absolute Gasteiger partial charge is 0.352 e. The molecule has 1 nitrogen and oxygen atoms in total. The number of alkyl halides is 39. The summed E-state index contributed by atoms with van der Waals surface area (Å²) in [5.41, 5.74) is 0. The first-order chi connectivity index (χ1) is 24.5. The summed E-state index contributed by atoms with van der Waals surface area (Å²) in [7, 11) is 0. The molecule has 0 saturated carbocycles. The second kappa shape index (κ2) is 13.1. The van der Waals surface area contributed by atoms with Crippen LogP contribution in [-0.4, -0.2) is 118 Å². The number of halogens is 39. The Morgan fingerprint density at radius 3 is 0.322 bits per heavy atom. The average molecular weight is 986 g/mol. The lowest BCUT2D eigenvalue weighted by Gasteiger charge is -2.47. The van der Waals surface area contributed by atoms with Crippen LogP contribution in [0.1, 0.15) is 0 Å². The molecule has 1 unspecified atom stereocenters. The second-order valence-electron chi connectivity index (χ2n) is 10.8. The summed E-state index contributed by atoms with van der Waals surface area (Å²) in [6, 6.07) is 0. The van der Waals surface area contributed by atoms with Gasteiger partial charge in [0.2, 0.25) is 0 Å². The molecular weight excluding hydrogens is 985 g/mol. The molecule has 0 fully saturated rings. The van der Waals surface area contributed by atoms with Crippen LogP contribution in [0.4, 0.5) is 171 Å². The van der Waals surface area contributed by atoms with E-state index in [0.717, 1.165) is 0 Å². The Balaban J connectivity index is 7.92. The molecule has 0 radical (unpaired) electrons. The molecule has 0 aliphatic carbocycles. The van der Waals surface area contributed by atoms with E-state index in [9.17, 15) is 171 Å². The normalized spacial score (nSPS) is 18.3. The maximum Gasteiger partial charge on any atom is 0.460 e. The fourth-order valence-corrected chi connectivity index (χ4v) is 3.34. The summed E-state index contributed by atoms with van der Waals surface area (Å²) in [4.78, 5) is 0. The summed E-state index contributed by atoms with van der Waals surface area (Å²) in [5.74, 6) is -169. The van der Waals surface area contributed by atoms with Crippen molar-refractivity contribution in [3.8, 4) is 0 Å². The molecule has 59 heavy (non-hydrogen) atoms. The fraction of sp³-hybridized carbons (Fsp3) is 1.00. The fourth-order valence-electron chi connectivity index (χ4n) is 3.34. The molecule has 0 spiro atoms. The van der Waals surface area contributed by atoms with Gasteiger partial charge in [0.05, 0.1) is 0 Å². The van der Waals surface area contributed by atoms with Crippen molar-refractivity contribution in [1.82, 2.24) is 0 Å². The Labute approximate surface area is 291 Å². The van der Waals surface area contributed by atoms with Crippen molar-refractivity contribution >= 4 is 0 Å². The lowest BCUT2D eigenvalue weighted by Crippen LogP contribution is -2.81. The van der Waals surface area contributed by atoms with Crippen LogP contribution in [0.15, 0.2) is 0 Å². The van der Waals surface area contributed by atoms with E-state index in [1.165, 1.54) is 0 Å². The second-order valence-corrected chi connectivity index (χ2v) is 10.8. The highest BCUT2D eigenvalue weighted by Crippen LogP contribution is 2.70. The number of hydrogen-bond donors (Lipinski definition) is 1. The molecule has 1 atom stereocenters. The molecule has 0 aromatic heterocycles. The largest absolute Gasteiger partial charge is 0.460 e. The Morgan fingerprint density at radius 2 is 0.220 bits per heavy atom. The van der Waals surface area contributed by atoms with Crippen molar-refractivity contribution in [1.29, 1.82) is 0 Å². The Kier molecular flexibility index (Phi) is 12.5. The molecule has 40 heteroatoms. The summed E-state index contributed by atoms with van der Waals surface area (Å²) >= 11 is 0. The third kappa shape index (κ3) is 6.17. The molecule has 0 amide bonds. The molecular formula is C19HF39O. The van der Waals surface area contributed by atoms with Crippen molar-refractivity contribution < 1.29 is 176 Å². The lowest BCUT2D eigenvalue weighted by molar-refractivity contribution is -0.503. The van der Waals surface area contributed by atoms with E-state index < -0.39 is 113 Å². The zero-order valence-corrected chi connectivity index (χ0v) is 24.7. The van der Waals surface area contributed by atoms with Crippen LogP contribution in [0.3, 0.4) is 0 Å². The molecule has 0 aliphatic rings. The van der Waals surface area contributed by atoms with E-state index in [1.54, 1.807) is 0 Å². The summed E-state index contributed by atoms with van der Waals surface area (Å²) < 4.78 is 520. The molecule has 0 aromatic carbocycles. The monoisotopic (exact) mass is 986 g/mol. The van der Waals surface area contributed by atoms with Crippen LogP contribution in [0, 0.1) is 0 Å². The highest BCUT2D eigenvalue weighted by Gasteiger charge is 3.02. The van der Waals surface area contributed by atoms with Crippen molar-refractivity contribution in [3.63, 3.8) is 0 Å². The van der Waals surface area contributed by atoms with Gasteiger partial charge in [-0.25, -0.2) is 0 Å². The number of hydrogen-bond acceptors (Lipinski definition) is 1. The molecule has 0 aliphatic heterocycles. The first-order valence-corrected chi connectivity index (χ1v) is 12.1. The zero-order valence-electron chi connectivity index (χ0n) is 24.7. The summed E-state index contributed by atoms with van der Waals surface area (Å²) in [5, 5.41) is 8.23.